The second kappa shape index (κ2) is 5.83. The van der Waals surface area contributed by atoms with Gasteiger partial charge in [0.25, 0.3) is 0 Å². The average molecular weight is 252 g/mol. The van der Waals surface area contributed by atoms with Crippen LogP contribution >= 0.6 is 0 Å². The maximum absolute atomic E-state index is 12.2. The number of carbonyl (C=O) groups excluding carboxylic acids is 2. The molecule has 2 rings (SSSR count). The lowest BCUT2D eigenvalue weighted by Gasteiger charge is -2.39. The van der Waals surface area contributed by atoms with Gasteiger partial charge in [-0.25, -0.2) is 0 Å². The summed E-state index contributed by atoms with van der Waals surface area (Å²) in [6.07, 6.45) is 4.73. The second-order valence-electron chi connectivity index (χ2n) is 5.72. The quantitative estimate of drug-likeness (QED) is 0.746. The first-order valence-corrected chi connectivity index (χ1v) is 7.13. The molecule has 2 aliphatic rings. The first kappa shape index (κ1) is 13.5. The highest BCUT2D eigenvalue weighted by Crippen LogP contribution is 2.22. The number of amides is 1. The highest BCUT2D eigenvalue weighted by Gasteiger charge is 2.29. The van der Waals surface area contributed by atoms with E-state index in [4.69, 9.17) is 0 Å². The molecule has 0 aromatic rings. The fourth-order valence-electron chi connectivity index (χ4n) is 3.05. The Morgan fingerprint density at radius 2 is 1.72 bits per heavy atom. The van der Waals surface area contributed by atoms with E-state index in [1.54, 1.807) is 0 Å². The fourth-order valence-corrected chi connectivity index (χ4v) is 3.05. The Kier molecular flexibility index (Phi) is 4.38. The summed E-state index contributed by atoms with van der Waals surface area (Å²) in [4.78, 5) is 27.6. The third-order valence-corrected chi connectivity index (χ3v) is 4.37. The highest BCUT2D eigenvalue weighted by molar-refractivity contribution is 5.84. The summed E-state index contributed by atoms with van der Waals surface area (Å²) in [5, 5.41) is 0. The van der Waals surface area contributed by atoms with Gasteiger partial charge in [-0.05, 0) is 26.7 Å². The molecule has 2 heterocycles. The molecule has 0 N–H and O–H groups in total. The fraction of sp³-hybridized carbons (Fsp3) is 0.857. The second-order valence-corrected chi connectivity index (χ2v) is 5.72. The van der Waals surface area contributed by atoms with Crippen molar-refractivity contribution in [2.24, 2.45) is 0 Å². The highest BCUT2D eigenvalue weighted by atomic mass is 16.2. The number of carbonyl (C=O) groups is 2. The predicted octanol–water partition coefficient (Wildman–Crippen LogP) is 1.44. The van der Waals surface area contributed by atoms with Gasteiger partial charge in [0.2, 0.25) is 5.91 Å². The van der Waals surface area contributed by atoms with E-state index in [1.165, 1.54) is 19.3 Å². The molecule has 0 saturated carbocycles. The lowest BCUT2D eigenvalue weighted by atomic mass is 9.97. The average Bonchev–Trinajstić information content (AvgIpc) is 2.34. The third kappa shape index (κ3) is 3.10. The van der Waals surface area contributed by atoms with Crippen LogP contribution in [0.3, 0.4) is 0 Å². The van der Waals surface area contributed by atoms with E-state index in [-0.39, 0.29) is 5.91 Å². The Morgan fingerprint density at radius 3 is 2.28 bits per heavy atom. The lowest BCUT2D eigenvalue weighted by Crippen LogP contribution is -2.50. The van der Waals surface area contributed by atoms with Crippen LogP contribution in [0.2, 0.25) is 0 Å². The maximum atomic E-state index is 12.2. The lowest BCUT2D eigenvalue weighted by molar-refractivity contribution is -0.137. The van der Waals surface area contributed by atoms with E-state index in [1.807, 2.05) is 4.90 Å². The molecule has 0 aliphatic carbocycles. The van der Waals surface area contributed by atoms with E-state index >= 15 is 0 Å². The van der Waals surface area contributed by atoms with Gasteiger partial charge in [0.1, 0.15) is 5.78 Å². The van der Waals surface area contributed by atoms with Crippen molar-refractivity contribution in [1.29, 1.82) is 0 Å². The number of ketones is 1. The van der Waals surface area contributed by atoms with Gasteiger partial charge in [0.15, 0.2) is 0 Å². The van der Waals surface area contributed by atoms with Crippen LogP contribution in [-0.4, -0.2) is 53.2 Å². The molecule has 2 atom stereocenters. The van der Waals surface area contributed by atoms with Crippen molar-refractivity contribution in [3.05, 3.63) is 0 Å². The molecule has 18 heavy (non-hydrogen) atoms. The maximum Gasteiger partial charge on any atom is 0.236 e. The van der Waals surface area contributed by atoms with E-state index < -0.39 is 0 Å². The van der Waals surface area contributed by atoms with Crippen LogP contribution in [0.1, 0.15) is 46.0 Å². The van der Waals surface area contributed by atoms with Gasteiger partial charge in [-0.2, -0.15) is 0 Å². The summed E-state index contributed by atoms with van der Waals surface area (Å²) in [6, 6.07) is 1.01. The van der Waals surface area contributed by atoms with E-state index in [9.17, 15) is 9.59 Å². The van der Waals surface area contributed by atoms with Gasteiger partial charge in [-0.1, -0.05) is 6.42 Å². The summed E-state index contributed by atoms with van der Waals surface area (Å²) >= 11 is 0. The van der Waals surface area contributed by atoms with Crippen molar-refractivity contribution in [2.45, 2.75) is 58.0 Å². The summed E-state index contributed by atoms with van der Waals surface area (Å²) in [7, 11) is 0. The van der Waals surface area contributed by atoms with Crippen LogP contribution in [0.5, 0.6) is 0 Å². The first-order valence-electron chi connectivity index (χ1n) is 7.13. The summed E-state index contributed by atoms with van der Waals surface area (Å²) in [5.41, 5.74) is 0. The molecule has 0 radical (unpaired) electrons. The van der Waals surface area contributed by atoms with E-state index in [0.29, 0.717) is 50.3 Å². The Balaban J connectivity index is 1.88. The zero-order valence-electron chi connectivity index (χ0n) is 11.5. The van der Waals surface area contributed by atoms with E-state index in [2.05, 4.69) is 18.7 Å². The molecule has 0 unspecified atom stereocenters. The molecule has 2 saturated heterocycles. The molecular formula is C14H24N2O2. The smallest absolute Gasteiger partial charge is 0.236 e. The minimum atomic E-state index is 0.197. The number of nitrogens with zero attached hydrogens (tertiary/aromatic N) is 2. The molecule has 0 spiro atoms. The molecule has 1 amide bonds. The first-order chi connectivity index (χ1) is 8.58. The number of hydrogen-bond acceptors (Lipinski definition) is 3. The number of hydrogen-bond donors (Lipinski definition) is 0. The van der Waals surface area contributed by atoms with Crippen LogP contribution in [0.4, 0.5) is 0 Å². The minimum absolute atomic E-state index is 0.197. The third-order valence-electron chi connectivity index (χ3n) is 4.37. The summed E-state index contributed by atoms with van der Waals surface area (Å²) in [6.45, 7) is 6.18. The zero-order valence-corrected chi connectivity index (χ0v) is 11.5. The van der Waals surface area contributed by atoms with Gasteiger partial charge in [-0.3, -0.25) is 14.5 Å². The standard InChI is InChI=1S/C14H24N2O2/c1-11-4-3-5-12(2)16(11)10-14(18)15-8-6-13(17)7-9-15/h11-12H,3-10H2,1-2H3/t11-,12+. The Hall–Kier alpha value is -0.900. The molecule has 4 heteroatoms. The van der Waals surface area contributed by atoms with Gasteiger partial charge < -0.3 is 4.90 Å². The van der Waals surface area contributed by atoms with Crippen molar-refractivity contribution < 1.29 is 9.59 Å². The van der Waals surface area contributed by atoms with Crippen LogP contribution in [0.25, 0.3) is 0 Å². The Bertz CT molecular complexity index is 310. The molecule has 2 aliphatic heterocycles. The van der Waals surface area contributed by atoms with Crippen molar-refractivity contribution in [2.75, 3.05) is 19.6 Å². The van der Waals surface area contributed by atoms with Crippen molar-refractivity contribution in [3.63, 3.8) is 0 Å². The van der Waals surface area contributed by atoms with Crippen LogP contribution in [0, 0.1) is 0 Å². The number of likely N-dealkylation sites (tertiary alicyclic amines) is 2. The monoisotopic (exact) mass is 252 g/mol. The van der Waals surface area contributed by atoms with Crippen LogP contribution < -0.4 is 0 Å². The minimum Gasteiger partial charge on any atom is -0.341 e. The molecule has 102 valence electrons. The zero-order chi connectivity index (χ0) is 13.1. The molecule has 0 aromatic carbocycles. The molecule has 0 bridgehead atoms. The number of piperidine rings is 2. The van der Waals surface area contributed by atoms with Gasteiger partial charge in [-0.15, -0.1) is 0 Å². The molecule has 4 nitrogen and oxygen atoms in total. The largest absolute Gasteiger partial charge is 0.341 e. The number of Topliss-reactive ketones (excluding diaryl/α,β-unsaturated/α-hetero) is 1. The predicted molar refractivity (Wildman–Crippen MR) is 70.3 cm³/mol. The topological polar surface area (TPSA) is 40.6 Å². The SMILES string of the molecule is C[C@@H]1CCC[C@H](C)N1CC(=O)N1CCC(=O)CC1. The Labute approximate surface area is 109 Å². The van der Waals surface area contributed by atoms with Crippen LogP contribution in [-0.2, 0) is 9.59 Å². The summed E-state index contributed by atoms with van der Waals surface area (Å²) < 4.78 is 0. The van der Waals surface area contributed by atoms with Gasteiger partial charge in [0.05, 0.1) is 6.54 Å². The van der Waals surface area contributed by atoms with Crippen LogP contribution in [0.15, 0.2) is 0 Å². The Morgan fingerprint density at radius 1 is 1.17 bits per heavy atom. The molecular weight excluding hydrogens is 228 g/mol. The van der Waals surface area contributed by atoms with Gasteiger partial charge >= 0.3 is 0 Å². The van der Waals surface area contributed by atoms with E-state index in [0.717, 1.165) is 0 Å². The van der Waals surface area contributed by atoms with Crippen molar-refractivity contribution in [1.82, 2.24) is 9.80 Å². The molecule has 2 fully saturated rings. The number of rotatable bonds is 2. The normalized spacial score (nSPS) is 30.6. The van der Waals surface area contributed by atoms with Crippen molar-refractivity contribution in [3.8, 4) is 0 Å². The summed E-state index contributed by atoms with van der Waals surface area (Å²) in [5.74, 6) is 0.488. The van der Waals surface area contributed by atoms with Gasteiger partial charge in [0, 0.05) is 38.0 Å². The molecule has 0 aromatic heterocycles. The van der Waals surface area contributed by atoms with Crippen molar-refractivity contribution >= 4 is 11.7 Å².